The third-order valence-corrected chi connectivity index (χ3v) is 10.8. The van der Waals surface area contributed by atoms with Gasteiger partial charge in [0, 0.05) is 44.7 Å². The number of allylic oxidation sites excluding steroid dienone is 2. The van der Waals surface area contributed by atoms with Crippen LogP contribution in [0.2, 0.25) is 0 Å². The fourth-order valence-corrected chi connectivity index (χ4v) is 7.80. The van der Waals surface area contributed by atoms with Crippen molar-refractivity contribution < 1.29 is 0 Å². The fraction of sp³-hybridized carbons (Fsp3) is 0.273. The number of hydrogen-bond acceptors (Lipinski definition) is 0. The minimum atomic E-state index is 0.563. The Balaban J connectivity index is 1.24. The molecule has 2 aliphatic carbocycles. The minimum Gasteiger partial charge on any atom is -0.313 e. The van der Waals surface area contributed by atoms with E-state index in [1.807, 2.05) is 0 Å². The zero-order valence-electron chi connectivity index (χ0n) is 27.7. The van der Waals surface area contributed by atoms with Gasteiger partial charge in [0.05, 0.1) is 11.0 Å². The van der Waals surface area contributed by atoms with Crippen LogP contribution in [0.4, 0.5) is 0 Å². The van der Waals surface area contributed by atoms with Crippen molar-refractivity contribution in [1.29, 1.82) is 0 Å². The van der Waals surface area contributed by atoms with Crippen molar-refractivity contribution in [2.75, 3.05) is 0 Å². The summed E-state index contributed by atoms with van der Waals surface area (Å²) >= 11 is 0. The molecule has 230 valence electrons. The normalized spacial score (nSPS) is 15.3. The summed E-state index contributed by atoms with van der Waals surface area (Å²) in [7, 11) is 0. The summed E-state index contributed by atoms with van der Waals surface area (Å²) in [6.45, 7) is 9.24. The monoisotopic (exact) mass is 600 g/mol. The summed E-state index contributed by atoms with van der Waals surface area (Å²) in [6, 6.07) is 32.7. The van der Waals surface area contributed by atoms with Gasteiger partial charge in [0.15, 0.2) is 0 Å². The van der Waals surface area contributed by atoms with Gasteiger partial charge in [0.1, 0.15) is 0 Å². The molecule has 2 unspecified atom stereocenters. The number of aromatic nitrogens is 2. The highest BCUT2D eigenvalue weighted by Gasteiger charge is 2.22. The van der Waals surface area contributed by atoms with Crippen molar-refractivity contribution in [3.05, 3.63) is 131 Å². The maximum Gasteiger partial charge on any atom is 0.0537 e. The first kappa shape index (κ1) is 28.9. The number of hydrogen-bond donors (Lipinski definition) is 0. The summed E-state index contributed by atoms with van der Waals surface area (Å²) in [5, 5.41) is 2.76. The molecule has 0 radical (unpaired) electrons. The number of benzene rings is 4. The van der Waals surface area contributed by atoms with E-state index in [2.05, 4.69) is 146 Å². The summed E-state index contributed by atoms with van der Waals surface area (Å²) in [5.74, 6) is 1.13. The van der Waals surface area contributed by atoms with Crippen LogP contribution in [0.3, 0.4) is 0 Å². The zero-order chi connectivity index (χ0) is 31.4. The molecule has 0 amide bonds. The number of fused-ring (bicyclic) bond motifs is 6. The quantitative estimate of drug-likeness (QED) is 0.172. The lowest BCUT2D eigenvalue weighted by Crippen LogP contribution is -2.04. The lowest BCUT2D eigenvalue weighted by Gasteiger charge is -2.16. The Bertz CT molecular complexity index is 2010. The Kier molecular flexibility index (Phi) is 7.32. The van der Waals surface area contributed by atoms with E-state index in [1.54, 1.807) is 0 Å². The molecule has 2 aromatic heterocycles. The molecule has 0 saturated carbocycles. The number of rotatable bonds is 7. The SMILES string of the molecule is CCC(C)c1ccc2c(c1)c1c(n2-c2cccc(-c3cccc(-n4c5c(c6cc(C(C)CC)ccc64)C=CCC5)c3)c2)CCC=C1. The molecule has 2 aliphatic rings. The van der Waals surface area contributed by atoms with Crippen molar-refractivity contribution in [1.82, 2.24) is 9.13 Å². The zero-order valence-corrected chi connectivity index (χ0v) is 27.7. The largest absolute Gasteiger partial charge is 0.313 e. The minimum absolute atomic E-state index is 0.563. The summed E-state index contributed by atoms with van der Waals surface area (Å²) in [6.07, 6.45) is 16.0. The van der Waals surface area contributed by atoms with Gasteiger partial charge in [-0.05, 0) is 121 Å². The first-order chi connectivity index (χ1) is 22.6. The van der Waals surface area contributed by atoms with Gasteiger partial charge in [0.25, 0.3) is 0 Å². The van der Waals surface area contributed by atoms with Gasteiger partial charge in [-0.1, -0.05) is 88.4 Å². The van der Waals surface area contributed by atoms with E-state index in [0.717, 1.165) is 38.5 Å². The molecule has 8 rings (SSSR count). The molecule has 2 heterocycles. The Morgan fingerprint density at radius 2 is 1.02 bits per heavy atom. The molecule has 2 atom stereocenters. The van der Waals surface area contributed by atoms with Crippen LogP contribution in [0.1, 0.15) is 98.9 Å². The van der Waals surface area contributed by atoms with Crippen molar-refractivity contribution in [2.45, 2.75) is 78.1 Å². The van der Waals surface area contributed by atoms with Gasteiger partial charge in [0.2, 0.25) is 0 Å². The van der Waals surface area contributed by atoms with Gasteiger partial charge in [-0.2, -0.15) is 0 Å². The van der Waals surface area contributed by atoms with Crippen LogP contribution in [0.15, 0.2) is 97.1 Å². The summed E-state index contributed by atoms with van der Waals surface area (Å²) in [4.78, 5) is 0. The van der Waals surface area contributed by atoms with Crippen LogP contribution in [-0.2, 0) is 12.8 Å². The van der Waals surface area contributed by atoms with Crippen molar-refractivity contribution in [2.24, 2.45) is 0 Å². The Morgan fingerprint density at radius 1 is 0.565 bits per heavy atom. The lowest BCUT2D eigenvalue weighted by molar-refractivity contribution is 0.734. The molecule has 0 saturated heterocycles. The van der Waals surface area contributed by atoms with Crippen LogP contribution in [0, 0.1) is 0 Å². The van der Waals surface area contributed by atoms with Crippen LogP contribution in [0.5, 0.6) is 0 Å². The van der Waals surface area contributed by atoms with E-state index in [9.17, 15) is 0 Å². The molecule has 46 heavy (non-hydrogen) atoms. The van der Waals surface area contributed by atoms with Crippen LogP contribution >= 0.6 is 0 Å². The third-order valence-electron chi connectivity index (χ3n) is 10.8. The summed E-state index contributed by atoms with van der Waals surface area (Å²) < 4.78 is 5.05. The molecule has 0 fully saturated rings. The molecule has 2 heteroatoms. The molecule has 0 N–H and O–H groups in total. The van der Waals surface area contributed by atoms with Crippen molar-refractivity contribution in [3.8, 4) is 22.5 Å². The highest BCUT2D eigenvalue weighted by atomic mass is 15.0. The predicted octanol–water partition coefficient (Wildman–Crippen LogP) is 12.2. The standard InChI is InChI=1S/C44H44N2/c1-5-29(3)31-21-23-43-39(27-31)37-17-7-9-19-41(37)45(43)35-15-11-13-33(25-35)34-14-12-16-36(26-34)46-42-20-10-8-18-38(42)40-28-32(30(4)6-2)22-24-44(40)46/h7-8,11-18,21-30H,5-6,9-10,19-20H2,1-4H3. The van der Waals surface area contributed by atoms with E-state index >= 15 is 0 Å². The topological polar surface area (TPSA) is 9.86 Å². The molecule has 2 nitrogen and oxygen atoms in total. The van der Waals surface area contributed by atoms with E-state index in [0.29, 0.717) is 11.8 Å². The van der Waals surface area contributed by atoms with E-state index in [-0.39, 0.29) is 0 Å². The second kappa shape index (κ2) is 11.7. The smallest absolute Gasteiger partial charge is 0.0537 e. The van der Waals surface area contributed by atoms with Crippen molar-refractivity contribution in [3.63, 3.8) is 0 Å². The lowest BCUT2D eigenvalue weighted by atomic mass is 9.95. The van der Waals surface area contributed by atoms with Crippen LogP contribution < -0.4 is 0 Å². The maximum absolute atomic E-state index is 2.53. The van der Waals surface area contributed by atoms with Gasteiger partial charge >= 0.3 is 0 Å². The first-order valence-corrected chi connectivity index (χ1v) is 17.4. The predicted molar refractivity (Wildman–Crippen MR) is 198 cm³/mol. The third kappa shape index (κ3) is 4.69. The highest BCUT2D eigenvalue weighted by molar-refractivity contribution is 5.95. The summed E-state index contributed by atoms with van der Waals surface area (Å²) in [5.41, 5.74) is 16.1. The van der Waals surface area contributed by atoms with E-state index in [4.69, 9.17) is 0 Å². The van der Waals surface area contributed by atoms with Gasteiger partial charge < -0.3 is 9.13 Å². The molecule has 0 bridgehead atoms. The van der Waals surface area contributed by atoms with Crippen LogP contribution in [-0.4, -0.2) is 9.13 Å². The Labute approximate surface area is 273 Å². The Hall–Kier alpha value is -4.56. The van der Waals surface area contributed by atoms with Crippen molar-refractivity contribution >= 4 is 34.0 Å². The molecular weight excluding hydrogens is 556 g/mol. The van der Waals surface area contributed by atoms with Gasteiger partial charge in [-0.25, -0.2) is 0 Å². The molecule has 0 aliphatic heterocycles. The second-order valence-electron chi connectivity index (χ2n) is 13.5. The number of nitrogens with zero attached hydrogens (tertiary/aromatic N) is 2. The maximum atomic E-state index is 2.53. The average Bonchev–Trinajstić information content (AvgIpc) is 3.63. The highest BCUT2D eigenvalue weighted by Crippen LogP contribution is 2.39. The molecule has 6 aromatic rings. The van der Waals surface area contributed by atoms with E-state index < -0.39 is 0 Å². The van der Waals surface area contributed by atoms with E-state index in [1.165, 1.54) is 77.9 Å². The van der Waals surface area contributed by atoms with Gasteiger partial charge in [-0.3, -0.25) is 0 Å². The molecule has 0 spiro atoms. The Morgan fingerprint density at radius 3 is 1.46 bits per heavy atom. The molecular formula is C44H44N2. The van der Waals surface area contributed by atoms with Crippen LogP contribution in [0.25, 0.3) is 56.5 Å². The second-order valence-corrected chi connectivity index (χ2v) is 13.5. The fourth-order valence-electron chi connectivity index (χ4n) is 7.80. The van der Waals surface area contributed by atoms with Gasteiger partial charge in [-0.15, -0.1) is 0 Å². The molecule has 4 aromatic carbocycles. The average molecular weight is 601 g/mol. The first-order valence-electron chi connectivity index (χ1n) is 17.4.